The van der Waals surface area contributed by atoms with Gasteiger partial charge in [-0.2, -0.15) is 0 Å². The number of nitrogens with one attached hydrogen (secondary N) is 2. The molecule has 0 radical (unpaired) electrons. The van der Waals surface area contributed by atoms with E-state index in [-0.39, 0.29) is 17.1 Å². The lowest BCUT2D eigenvalue weighted by Crippen LogP contribution is -2.39. The van der Waals surface area contributed by atoms with Crippen LogP contribution in [0.4, 0.5) is 14.5 Å². The molecule has 0 fully saturated rings. The summed E-state index contributed by atoms with van der Waals surface area (Å²) < 4.78 is 27.9. The van der Waals surface area contributed by atoms with Gasteiger partial charge in [0, 0.05) is 40.6 Å². The number of aryl methyl sites for hydroxylation is 1. The highest BCUT2D eigenvalue weighted by Gasteiger charge is 2.42. The van der Waals surface area contributed by atoms with Crippen LogP contribution in [0.3, 0.4) is 0 Å². The third kappa shape index (κ3) is 3.97. The molecule has 2 aromatic carbocycles. The summed E-state index contributed by atoms with van der Waals surface area (Å²) in [5.74, 6) is -3.24. The molecule has 1 atom stereocenters. The molecule has 2 aromatic rings. The number of dihydropyridines is 1. The molecule has 0 saturated carbocycles. The van der Waals surface area contributed by atoms with E-state index in [2.05, 4.69) is 10.6 Å². The van der Waals surface area contributed by atoms with Crippen LogP contribution >= 0.6 is 0 Å². The van der Waals surface area contributed by atoms with Gasteiger partial charge in [-0.15, -0.1) is 0 Å². The van der Waals surface area contributed by atoms with Gasteiger partial charge >= 0.3 is 0 Å². The van der Waals surface area contributed by atoms with E-state index in [0.29, 0.717) is 40.9 Å². The SMILES string of the molecule is CC1=C(C(=O)Nc2ccccc2C)C(c2ccc(F)c(F)c2)C2=C(CC(C)(C)CC2=O)N1. The summed E-state index contributed by atoms with van der Waals surface area (Å²) in [5.41, 5.74) is 3.80. The number of Topliss-reactive ketones (excluding diaryl/α,β-unsaturated/α-hetero) is 1. The Labute approximate surface area is 186 Å². The Balaban J connectivity index is 1.84. The minimum atomic E-state index is -1.01. The molecule has 0 bridgehead atoms. The Morgan fingerprint density at radius 1 is 1.06 bits per heavy atom. The number of carbonyl (C=O) groups is 2. The molecule has 1 aliphatic heterocycles. The summed E-state index contributed by atoms with van der Waals surface area (Å²) in [4.78, 5) is 26.7. The predicted molar refractivity (Wildman–Crippen MR) is 120 cm³/mol. The maximum Gasteiger partial charge on any atom is 0.254 e. The molecule has 1 heterocycles. The number of para-hydroxylation sites is 1. The van der Waals surface area contributed by atoms with Crippen molar-refractivity contribution in [3.8, 4) is 0 Å². The van der Waals surface area contributed by atoms with Gasteiger partial charge in [-0.3, -0.25) is 9.59 Å². The highest BCUT2D eigenvalue weighted by Crippen LogP contribution is 2.46. The zero-order valence-corrected chi connectivity index (χ0v) is 18.6. The van der Waals surface area contributed by atoms with Crippen LogP contribution in [0.1, 0.15) is 50.7 Å². The van der Waals surface area contributed by atoms with E-state index in [9.17, 15) is 18.4 Å². The van der Waals surface area contributed by atoms with Crippen LogP contribution < -0.4 is 10.6 Å². The van der Waals surface area contributed by atoms with Crippen LogP contribution in [0.5, 0.6) is 0 Å². The summed E-state index contributed by atoms with van der Waals surface area (Å²) in [6.45, 7) is 7.69. The van der Waals surface area contributed by atoms with E-state index < -0.39 is 17.6 Å². The number of amides is 1. The Bertz CT molecular complexity index is 1190. The van der Waals surface area contributed by atoms with Crippen molar-refractivity contribution in [1.29, 1.82) is 0 Å². The molecule has 0 spiro atoms. The molecule has 32 heavy (non-hydrogen) atoms. The highest BCUT2D eigenvalue weighted by atomic mass is 19.2. The fraction of sp³-hybridized carbons (Fsp3) is 0.308. The third-order valence-electron chi connectivity index (χ3n) is 6.15. The van der Waals surface area contributed by atoms with E-state index >= 15 is 0 Å². The van der Waals surface area contributed by atoms with Gasteiger partial charge in [0.2, 0.25) is 0 Å². The summed E-state index contributed by atoms with van der Waals surface area (Å²) in [7, 11) is 0. The number of ketones is 1. The fourth-order valence-electron chi connectivity index (χ4n) is 4.67. The third-order valence-corrected chi connectivity index (χ3v) is 6.15. The van der Waals surface area contributed by atoms with Gasteiger partial charge in [0.05, 0.1) is 0 Å². The van der Waals surface area contributed by atoms with E-state index in [1.807, 2.05) is 39.0 Å². The second kappa shape index (κ2) is 8.01. The molecule has 1 aliphatic carbocycles. The van der Waals surface area contributed by atoms with Crippen molar-refractivity contribution in [1.82, 2.24) is 5.32 Å². The molecule has 6 heteroatoms. The van der Waals surface area contributed by atoms with E-state index in [4.69, 9.17) is 0 Å². The first kappa shape index (κ1) is 21.9. The van der Waals surface area contributed by atoms with E-state index in [1.165, 1.54) is 6.07 Å². The fourth-order valence-corrected chi connectivity index (χ4v) is 4.67. The molecule has 0 saturated heterocycles. The van der Waals surface area contributed by atoms with Crippen molar-refractivity contribution < 1.29 is 18.4 Å². The molecule has 4 nitrogen and oxygen atoms in total. The average molecular weight is 437 g/mol. The van der Waals surface area contributed by atoms with Crippen molar-refractivity contribution in [2.45, 2.75) is 46.5 Å². The molecule has 2 aliphatic rings. The van der Waals surface area contributed by atoms with Gasteiger partial charge in [-0.1, -0.05) is 38.1 Å². The van der Waals surface area contributed by atoms with Crippen molar-refractivity contribution in [3.63, 3.8) is 0 Å². The van der Waals surface area contributed by atoms with Gasteiger partial charge in [-0.05, 0) is 55.0 Å². The number of allylic oxidation sites excluding steroid dienone is 3. The van der Waals surface area contributed by atoms with Crippen LogP contribution in [-0.2, 0) is 9.59 Å². The normalized spacial score (nSPS) is 20.1. The number of hydrogen-bond acceptors (Lipinski definition) is 3. The molecule has 2 N–H and O–H groups in total. The minimum absolute atomic E-state index is 0.0906. The van der Waals surface area contributed by atoms with Gasteiger partial charge in [0.25, 0.3) is 5.91 Å². The monoisotopic (exact) mass is 436 g/mol. The lowest BCUT2D eigenvalue weighted by atomic mass is 9.68. The molecule has 166 valence electrons. The second-order valence-corrected chi connectivity index (χ2v) is 9.37. The predicted octanol–water partition coefficient (Wildman–Crippen LogP) is 5.52. The average Bonchev–Trinajstić information content (AvgIpc) is 2.69. The van der Waals surface area contributed by atoms with Crippen molar-refractivity contribution in [2.75, 3.05) is 5.32 Å². The molecular weight excluding hydrogens is 410 g/mol. The maximum absolute atomic E-state index is 14.2. The zero-order valence-electron chi connectivity index (χ0n) is 18.6. The van der Waals surface area contributed by atoms with Gasteiger partial charge in [-0.25, -0.2) is 8.78 Å². The molecule has 4 rings (SSSR count). The van der Waals surface area contributed by atoms with Crippen LogP contribution in [0, 0.1) is 24.0 Å². The summed E-state index contributed by atoms with van der Waals surface area (Å²) >= 11 is 0. The Kier molecular flexibility index (Phi) is 5.49. The zero-order chi connectivity index (χ0) is 23.2. The largest absolute Gasteiger partial charge is 0.362 e. The van der Waals surface area contributed by atoms with Gasteiger partial charge < -0.3 is 10.6 Å². The van der Waals surface area contributed by atoms with Crippen LogP contribution in [0.2, 0.25) is 0 Å². The Morgan fingerprint density at radius 3 is 2.47 bits per heavy atom. The standard InChI is InChI=1S/C26H26F2N2O2/c1-14-7-5-6-8-19(14)30-25(32)22-15(2)29-20-12-26(3,4)13-21(31)24(20)23(22)16-9-10-17(27)18(28)11-16/h5-11,23,29H,12-13H2,1-4H3,(H,30,32). The topological polar surface area (TPSA) is 58.2 Å². The summed E-state index contributed by atoms with van der Waals surface area (Å²) in [6, 6.07) is 10.9. The summed E-state index contributed by atoms with van der Waals surface area (Å²) in [5, 5.41) is 6.20. The van der Waals surface area contributed by atoms with E-state index in [1.54, 1.807) is 13.0 Å². The first-order valence-electron chi connectivity index (χ1n) is 10.6. The number of rotatable bonds is 3. The first-order chi connectivity index (χ1) is 15.1. The smallest absolute Gasteiger partial charge is 0.254 e. The highest BCUT2D eigenvalue weighted by molar-refractivity contribution is 6.10. The second-order valence-electron chi connectivity index (χ2n) is 9.37. The lowest BCUT2D eigenvalue weighted by molar-refractivity contribution is -0.118. The molecule has 1 unspecified atom stereocenters. The number of anilines is 1. The van der Waals surface area contributed by atoms with Crippen LogP contribution in [0.25, 0.3) is 0 Å². The quantitative estimate of drug-likeness (QED) is 0.667. The first-order valence-corrected chi connectivity index (χ1v) is 10.6. The number of hydrogen-bond donors (Lipinski definition) is 2. The van der Waals surface area contributed by atoms with E-state index in [0.717, 1.165) is 23.4 Å². The van der Waals surface area contributed by atoms with Crippen molar-refractivity contribution >= 4 is 17.4 Å². The number of halogens is 2. The maximum atomic E-state index is 14.2. The van der Waals surface area contributed by atoms with Crippen molar-refractivity contribution in [2.24, 2.45) is 5.41 Å². The van der Waals surface area contributed by atoms with Crippen LogP contribution in [-0.4, -0.2) is 11.7 Å². The number of carbonyl (C=O) groups excluding carboxylic acids is 2. The van der Waals surface area contributed by atoms with Gasteiger partial charge in [0.15, 0.2) is 17.4 Å². The van der Waals surface area contributed by atoms with Crippen molar-refractivity contribution in [3.05, 3.63) is 87.8 Å². The molecule has 0 aromatic heterocycles. The molecular formula is C26H26F2N2O2. The Hall–Kier alpha value is -3.28. The summed E-state index contributed by atoms with van der Waals surface area (Å²) in [6.07, 6.45) is 0.942. The minimum Gasteiger partial charge on any atom is -0.362 e. The Morgan fingerprint density at radius 2 is 1.78 bits per heavy atom. The number of benzene rings is 2. The lowest BCUT2D eigenvalue weighted by Gasteiger charge is -2.39. The van der Waals surface area contributed by atoms with Gasteiger partial charge in [0.1, 0.15) is 0 Å². The molecule has 1 amide bonds. The van der Waals surface area contributed by atoms with Crippen LogP contribution in [0.15, 0.2) is 65.0 Å².